The topological polar surface area (TPSA) is 53.0 Å². The number of hydrogen-bond donors (Lipinski definition) is 1. The number of ether oxygens (including phenoxy) is 1. The van der Waals surface area contributed by atoms with Crippen molar-refractivity contribution in [1.29, 1.82) is 0 Å². The first kappa shape index (κ1) is 14.8. The van der Waals surface area contributed by atoms with E-state index in [4.69, 9.17) is 9.84 Å². The highest BCUT2D eigenvalue weighted by molar-refractivity contribution is 5.78. The Hall–Kier alpha value is -0.650. The second kappa shape index (κ2) is 7.22. The normalized spacial score (nSPS) is 29.5. The molecule has 0 aromatic heterocycles. The Balaban J connectivity index is 1.85. The van der Waals surface area contributed by atoms with Crippen LogP contribution in [0.5, 0.6) is 0 Å². The molecule has 1 N–H and O–H groups in total. The second-order valence-electron chi connectivity index (χ2n) is 5.56. The van der Waals surface area contributed by atoms with Gasteiger partial charge in [0, 0.05) is 25.7 Å². The summed E-state index contributed by atoms with van der Waals surface area (Å²) in [6.45, 7) is 5.62. The third kappa shape index (κ3) is 3.91. The summed E-state index contributed by atoms with van der Waals surface area (Å²) < 4.78 is 5.41. The van der Waals surface area contributed by atoms with Gasteiger partial charge < -0.3 is 14.7 Å². The summed E-state index contributed by atoms with van der Waals surface area (Å²) in [7, 11) is 0. The van der Waals surface area contributed by atoms with Crippen LogP contribution < -0.4 is 0 Å². The van der Waals surface area contributed by atoms with E-state index >= 15 is 0 Å². The van der Waals surface area contributed by atoms with E-state index in [-0.39, 0.29) is 18.6 Å². The van der Waals surface area contributed by atoms with Crippen LogP contribution in [0, 0.1) is 0 Å². The number of amides is 1. The SMILES string of the molecule is CCC1CCCCN1C(=O)CN1CCOC(CO)C1. The molecule has 0 spiro atoms. The lowest BCUT2D eigenvalue weighted by atomic mass is 10.00. The van der Waals surface area contributed by atoms with Gasteiger partial charge in [-0.25, -0.2) is 0 Å². The minimum Gasteiger partial charge on any atom is -0.394 e. The van der Waals surface area contributed by atoms with Gasteiger partial charge in [0.05, 0.1) is 25.9 Å². The maximum absolute atomic E-state index is 12.4. The summed E-state index contributed by atoms with van der Waals surface area (Å²) in [6, 6.07) is 0.427. The first-order valence-corrected chi connectivity index (χ1v) is 7.49. The fourth-order valence-corrected chi connectivity index (χ4v) is 3.07. The molecular formula is C14H26N2O3. The zero-order valence-electron chi connectivity index (χ0n) is 11.9. The number of carbonyl (C=O) groups is 1. The molecule has 0 aromatic carbocycles. The van der Waals surface area contributed by atoms with Crippen LogP contribution >= 0.6 is 0 Å². The summed E-state index contributed by atoms with van der Waals surface area (Å²) in [4.78, 5) is 16.6. The second-order valence-corrected chi connectivity index (χ2v) is 5.56. The molecule has 2 rings (SSSR count). The molecular weight excluding hydrogens is 244 g/mol. The number of hydrogen-bond acceptors (Lipinski definition) is 4. The molecule has 5 heteroatoms. The van der Waals surface area contributed by atoms with E-state index in [9.17, 15) is 4.79 Å². The standard InChI is InChI=1S/C14H26N2O3/c1-2-12-5-3-4-6-16(12)14(18)10-15-7-8-19-13(9-15)11-17/h12-13,17H,2-11H2,1H3. The van der Waals surface area contributed by atoms with Crippen LogP contribution in [-0.4, -0.2) is 72.4 Å². The molecule has 2 saturated heterocycles. The lowest BCUT2D eigenvalue weighted by Crippen LogP contribution is -2.51. The molecule has 19 heavy (non-hydrogen) atoms. The molecule has 2 aliphatic rings. The van der Waals surface area contributed by atoms with E-state index < -0.39 is 0 Å². The van der Waals surface area contributed by atoms with Crippen LogP contribution in [0.15, 0.2) is 0 Å². The molecule has 2 unspecified atom stereocenters. The quantitative estimate of drug-likeness (QED) is 0.807. The Bertz CT molecular complexity index is 298. The fourth-order valence-electron chi connectivity index (χ4n) is 3.07. The molecule has 0 bridgehead atoms. The number of aliphatic hydroxyl groups excluding tert-OH is 1. The van der Waals surface area contributed by atoms with Crippen molar-refractivity contribution in [2.24, 2.45) is 0 Å². The third-order valence-corrected chi connectivity index (χ3v) is 4.20. The van der Waals surface area contributed by atoms with Crippen LogP contribution in [-0.2, 0) is 9.53 Å². The Labute approximate surface area is 115 Å². The van der Waals surface area contributed by atoms with Gasteiger partial charge in [0.15, 0.2) is 0 Å². The number of likely N-dealkylation sites (tertiary alicyclic amines) is 1. The molecule has 0 aromatic rings. The Morgan fingerprint density at radius 3 is 2.95 bits per heavy atom. The van der Waals surface area contributed by atoms with Gasteiger partial charge in [-0.3, -0.25) is 9.69 Å². The van der Waals surface area contributed by atoms with Gasteiger partial charge in [0.25, 0.3) is 0 Å². The lowest BCUT2D eigenvalue weighted by molar-refractivity contribution is -0.138. The highest BCUT2D eigenvalue weighted by Gasteiger charge is 2.28. The van der Waals surface area contributed by atoms with Gasteiger partial charge in [0.2, 0.25) is 5.91 Å². The minimum atomic E-state index is -0.134. The van der Waals surface area contributed by atoms with E-state index in [2.05, 4.69) is 16.7 Å². The zero-order valence-corrected chi connectivity index (χ0v) is 11.9. The van der Waals surface area contributed by atoms with E-state index in [1.807, 2.05) is 0 Å². The predicted molar refractivity (Wildman–Crippen MR) is 72.9 cm³/mol. The average molecular weight is 270 g/mol. The van der Waals surface area contributed by atoms with E-state index in [0.717, 1.165) is 32.4 Å². The van der Waals surface area contributed by atoms with Crippen LogP contribution in [0.2, 0.25) is 0 Å². The van der Waals surface area contributed by atoms with Crippen molar-refractivity contribution in [3.63, 3.8) is 0 Å². The Morgan fingerprint density at radius 1 is 1.37 bits per heavy atom. The maximum atomic E-state index is 12.4. The summed E-state index contributed by atoms with van der Waals surface area (Å²) >= 11 is 0. The summed E-state index contributed by atoms with van der Waals surface area (Å²) in [5.74, 6) is 0.241. The largest absolute Gasteiger partial charge is 0.394 e. The third-order valence-electron chi connectivity index (χ3n) is 4.20. The molecule has 1 amide bonds. The number of aliphatic hydroxyl groups is 1. The zero-order chi connectivity index (χ0) is 13.7. The summed E-state index contributed by atoms with van der Waals surface area (Å²) in [5.41, 5.74) is 0. The smallest absolute Gasteiger partial charge is 0.236 e. The predicted octanol–water partition coefficient (Wildman–Crippen LogP) is 0.471. The highest BCUT2D eigenvalue weighted by atomic mass is 16.5. The molecule has 110 valence electrons. The van der Waals surface area contributed by atoms with Crippen molar-refractivity contribution in [3.05, 3.63) is 0 Å². The van der Waals surface area contributed by atoms with Crippen molar-refractivity contribution in [1.82, 2.24) is 9.80 Å². The molecule has 2 aliphatic heterocycles. The minimum absolute atomic E-state index is 0.0337. The molecule has 0 radical (unpaired) electrons. The van der Waals surface area contributed by atoms with Gasteiger partial charge in [-0.1, -0.05) is 6.92 Å². The van der Waals surface area contributed by atoms with Gasteiger partial charge in [-0.15, -0.1) is 0 Å². The van der Waals surface area contributed by atoms with Gasteiger partial charge >= 0.3 is 0 Å². The maximum Gasteiger partial charge on any atom is 0.236 e. The monoisotopic (exact) mass is 270 g/mol. The van der Waals surface area contributed by atoms with Gasteiger partial charge in [-0.05, 0) is 25.7 Å². The van der Waals surface area contributed by atoms with Crippen molar-refractivity contribution >= 4 is 5.91 Å². The van der Waals surface area contributed by atoms with Crippen LogP contribution in [0.1, 0.15) is 32.6 Å². The number of piperidine rings is 1. The Morgan fingerprint density at radius 2 is 2.21 bits per heavy atom. The molecule has 0 aliphatic carbocycles. The lowest BCUT2D eigenvalue weighted by Gasteiger charge is -2.38. The molecule has 2 atom stereocenters. The van der Waals surface area contributed by atoms with Gasteiger partial charge in [0.1, 0.15) is 0 Å². The number of morpholine rings is 1. The first-order valence-electron chi connectivity index (χ1n) is 7.49. The molecule has 2 heterocycles. The fraction of sp³-hybridized carbons (Fsp3) is 0.929. The molecule has 5 nitrogen and oxygen atoms in total. The van der Waals surface area contributed by atoms with E-state index in [0.29, 0.717) is 25.7 Å². The van der Waals surface area contributed by atoms with Gasteiger partial charge in [-0.2, -0.15) is 0 Å². The summed E-state index contributed by atoms with van der Waals surface area (Å²) in [5, 5.41) is 9.12. The van der Waals surface area contributed by atoms with Crippen LogP contribution in [0.3, 0.4) is 0 Å². The van der Waals surface area contributed by atoms with Crippen LogP contribution in [0.25, 0.3) is 0 Å². The van der Waals surface area contributed by atoms with Crippen LogP contribution in [0.4, 0.5) is 0 Å². The number of carbonyl (C=O) groups excluding carboxylic acids is 1. The van der Waals surface area contributed by atoms with Crippen molar-refractivity contribution < 1.29 is 14.6 Å². The van der Waals surface area contributed by atoms with Crippen molar-refractivity contribution in [2.45, 2.75) is 44.8 Å². The molecule has 2 fully saturated rings. The highest BCUT2D eigenvalue weighted by Crippen LogP contribution is 2.20. The van der Waals surface area contributed by atoms with E-state index in [1.165, 1.54) is 6.42 Å². The molecule has 0 saturated carbocycles. The number of rotatable bonds is 4. The van der Waals surface area contributed by atoms with E-state index in [1.54, 1.807) is 0 Å². The average Bonchev–Trinajstić information content (AvgIpc) is 2.47. The summed E-state index contributed by atoms with van der Waals surface area (Å²) in [6.07, 6.45) is 4.43. The van der Waals surface area contributed by atoms with Crippen molar-refractivity contribution in [3.8, 4) is 0 Å². The Kier molecular flexibility index (Phi) is 5.60. The number of nitrogens with zero attached hydrogens (tertiary/aromatic N) is 2. The first-order chi connectivity index (χ1) is 9.24. The van der Waals surface area contributed by atoms with Crippen molar-refractivity contribution in [2.75, 3.05) is 39.4 Å².